The van der Waals surface area contributed by atoms with Crippen molar-refractivity contribution in [1.82, 2.24) is 0 Å². The summed E-state index contributed by atoms with van der Waals surface area (Å²) in [5.41, 5.74) is 15.5. The summed E-state index contributed by atoms with van der Waals surface area (Å²) < 4.78 is 0. The lowest BCUT2D eigenvalue weighted by Gasteiger charge is -1.98. The highest BCUT2D eigenvalue weighted by molar-refractivity contribution is 6.32. The SMILES string of the molecule is NC(N)=NC(N)=Nc1ccc(Cl)c([N+](=O)[O-])c1. The average Bonchev–Trinajstić information content (AvgIpc) is 2.19. The van der Waals surface area contributed by atoms with E-state index in [9.17, 15) is 10.1 Å². The van der Waals surface area contributed by atoms with Crippen LogP contribution in [0.2, 0.25) is 5.02 Å². The van der Waals surface area contributed by atoms with E-state index in [0.29, 0.717) is 0 Å². The van der Waals surface area contributed by atoms with E-state index in [-0.39, 0.29) is 28.3 Å². The zero-order valence-corrected chi connectivity index (χ0v) is 9.26. The molecule has 9 heteroatoms. The molecule has 90 valence electrons. The molecule has 0 spiro atoms. The van der Waals surface area contributed by atoms with Crippen molar-refractivity contribution in [2.45, 2.75) is 0 Å². The number of nitrogens with two attached hydrogens (primary N) is 3. The van der Waals surface area contributed by atoms with Crippen LogP contribution in [0.25, 0.3) is 0 Å². The summed E-state index contributed by atoms with van der Waals surface area (Å²) in [6.45, 7) is 0. The van der Waals surface area contributed by atoms with Crippen molar-refractivity contribution in [1.29, 1.82) is 0 Å². The predicted octanol–water partition coefficient (Wildman–Crippen LogP) is 0.468. The Morgan fingerprint density at radius 2 is 2.00 bits per heavy atom. The molecule has 0 aromatic heterocycles. The lowest BCUT2D eigenvalue weighted by atomic mass is 10.3. The van der Waals surface area contributed by atoms with Crippen LogP contribution in [0.1, 0.15) is 0 Å². The third-order valence-electron chi connectivity index (χ3n) is 1.61. The van der Waals surface area contributed by atoms with Crippen molar-refractivity contribution in [3.63, 3.8) is 0 Å². The van der Waals surface area contributed by atoms with E-state index in [2.05, 4.69) is 9.98 Å². The minimum Gasteiger partial charge on any atom is -0.370 e. The molecule has 1 aromatic carbocycles. The second-order valence-electron chi connectivity index (χ2n) is 2.90. The summed E-state index contributed by atoms with van der Waals surface area (Å²) in [5, 5.41) is 10.6. The molecule has 0 saturated heterocycles. The first-order valence-electron chi connectivity index (χ1n) is 4.28. The standard InChI is InChI=1S/C8H9ClN6O2/c9-5-2-1-4(3-6(5)15(16)17)13-8(12)14-7(10)11/h1-3H,(H6,10,11,12,13,14). The number of nitrogens with zero attached hydrogens (tertiary/aromatic N) is 3. The van der Waals surface area contributed by atoms with Crippen molar-refractivity contribution in [3.8, 4) is 0 Å². The number of nitro benzene ring substituents is 1. The van der Waals surface area contributed by atoms with Crippen molar-refractivity contribution in [3.05, 3.63) is 33.3 Å². The topological polar surface area (TPSA) is 146 Å². The second-order valence-corrected chi connectivity index (χ2v) is 3.31. The van der Waals surface area contributed by atoms with Crippen LogP contribution in [-0.4, -0.2) is 16.8 Å². The van der Waals surface area contributed by atoms with Gasteiger partial charge >= 0.3 is 0 Å². The number of guanidine groups is 2. The summed E-state index contributed by atoms with van der Waals surface area (Å²) >= 11 is 5.62. The molecule has 0 atom stereocenters. The van der Waals surface area contributed by atoms with Gasteiger partial charge < -0.3 is 17.2 Å². The van der Waals surface area contributed by atoms with Crippen molar-refractivity contribution >= 4 is 34.9 Å². The first kappa shape index (κ1) is 12.7. The van der Waals surface area contributed by atoms with E-state index in [1.54, 1.807) is 0 Å². The number of hydrogen-bond acceptors (Lipinski definition) is 3. The first-order chi connectivity index (χ1) is 7.90. The smallest absolute Gasteiger partial charge is 0.290 e. The van der Waals surface area contributed by atoms with Gasteiger partial charge in [-0.15, -0.1) is 0 Å². The van der Waals surface area contributed by atoms with Gasteiger partial charge in [-0.3, -0.25) is 10.1 Å². The maximum atomic E-state index is 10.6. The van der Waals surface area contributed by atoms with Crippen LogP contribution in [0.5, 0.6) is 0 Å². The van der Waals surface area contributed by atoms with Crippen molar-refractivity contribution in [2.75, 3.05) is 0 Å². The van der Waals surface area contributed by atoms with E-state index < -0.39 is 4.92 Å². The molecule has 0 aliphatic carbocycles. The third-order valence-corrected chi connectivity index (χ3v) is 1.93. The summed E-state index contributed by atoms with van der Waals surface area (Å²) in [7, 11) is 0. The number of rotatable bonds is 2. The highest BCUT2D eigenvalue weighted by atomic mass is 35.5. The Morgan fingerprint density at radius 1 is 1.35 bits per heavy atom. The number of hydrogen-bond donors (Lipinski definition) is 3. The maximum Gasteiger partial charge on any atom is 0.290 e. The first-order valence-corrected chi connectivity index (χ1v) is 4.65. The molecule has 0 saturated carbocycles. The maximum absolute atomic E-state index is 10.6. The van der Waals surface area contributed by atoms with Gasteiger partial charge in [-0.05, 0) is 12.1 Å². The monoisotopic (exact) mass is 256 g/mol. The zero-order chi connectivity index (χ0) is 13.0. The van der Waals surface area contributed by atoms with Crippen LogP contribution in [0.3, 0.4) is 0 Å². The Hall–Kier alpha value is -2.35. The molecule has 0 amide bonds. The van der Waals surface area contributed by atoms with Gasteiger partial charge in [-0.25, -0.2) is 4.99 Å². The van der Waals surface area contributed by atoms with Gasteiger partial charge in [-0.2, -0.15) is 4.99 Å². The molecule has 1 rings (SSSR count). The highest BCUT2D eigenvalue weighted by Gasteiger charge is 2.12. The molecule has 0 aliphatic heterocycles. The predicted molar refractivity (Wildman–Crippen MR) is 65.2 cm³/mol. The fourth-order valence-corrected chi connectivity index (χ4v) is 1.19. The number of nitro groups is 1. The van der Waals surface area contributed by atoms with Crippen LogP contribution < -0.4 is 17.2 Å². The molecule has 17 heavy (non-hydrogen) atoms. The van der Waals surface area contributed by atoms with Crippen LogP contribution in [0.15, 0.2) is 28.2 Å². The zero-order valence-electron chi connectivity index (χ0n) is 8.50. The molecular weight excluding hydrogens is 248 g/mol. The molecule has 8 nitrogen and oxygen atoms in total. The van der Waals surface area contributed by atoms with E-state index in [1.807, 2.05) is 0 Å². The fourth-order valence-electron chi connectivity index (χ4n) is 1.00. The van der Waals surface area contributed by atoms with E-state index in [1.165, 1.54) is 12.1 Å². The average molecular weight is 257 g/mol. The number of halogens is 1. The van der Waals surface area contributed by atoms with Crippen molar-refractivity contribution in [2.24, 2.45) is 27.2 Å². The largest absolute Gasteiger partial charge is 0.370 e. The van der Waals surface area contributed by atoms with Crippen molar-refractivity contribution < 1.29 is 4.92 Å². The van der Waals surface area contributed by atoms with Gasteiger partial charge in [0.25, 0.3) is 5.69 Å². The fraction of sp³-hybridized carbons (Fsp3) is 0. The van der Waals surface area contributed by atoms with Gasteiger partial charge in [0.05, 0.1) is 10.6 Å². The van der Waals surface area contributed by atoms with Gasteiger partial charge in [0.1, 0.15) is 5.02 Å². The minimum absolute atomic E-state index is 0.00867. The van der Waals surface area contributed by atoms with Gasteiger partial charge in [0, 0.05) is 6.07 Å². The van der Waals surface area contributed by atoms with Crippen LogP contribution >= 0.6 is 11.6 Å². The number of aliphatic imine (C=N–C) groups is 2. The van der Waals surface area contributed by atoms with Gasteiger partial charge in [-0.1, -0.05) is 11.6 Å². The summed E-state index contributed by atoms with van der Waals surface area (Å²) in [6.07, 6.45) is 0. The summed E-state index contributed by atoms with van der Waals surface area (Å²) in [4.78, 5) is 17.2. The third kappa shape index (κ3) is 3.61. The molecule has 0 heterocycles. The molecule has 1 aromatic rings. The molecule has 0 radical (unpaired) electrons. The Labute approximate surface area is 101 Å². The normalized spacial score (nSPS) is 11.0. The quantitative estimate of drug-likeness (QED) is 0.305. The Balaban J connectivity index is 3.13. The van der Waals surface area contributed by atoms with Crippen LogP contribution in [0, 0.1) is 10.1 Å². The van der Waals surface area contributed by atoms with Gasteiger partial charge in [0.2, 0.25) is 5.96 Å². The summed E-state index contributed by atoms with van der Waals surface area (Å²) in [6, 6.07) is 3.95. The lowest BCUT2D eigenvalue weighted by Crippen LogP contribution is -2.26. The van der Waals surface area contributed by atoms with E-state index in [4.69, 9.17) is 28.8 Å². The van der Waals surface area contributed by atoms with Crippen LogP contribution in [0.4, 0.5) is 11.4 Å². The lowest BCUT2D eigenvalue weighted by molar-refractivity contribution is -0.384. The minimum atomic E-state index is -0.627. The summed E-state index contributed by atoms with van der Waals surface area (Å²) in [5.74, 6) is -0.462. The number of benzene rings is 1. The molecule has 0 unspecified atom stereocenters. The van der Waals surface area contributed by atoms with E-state index in [0.717, 1.165) is 6.07 Å². The molecular formula is C8H9ClN6O2. The van der Waals surface area contributed by atoms with Crippen LogP contribution in [-0.2, 0) is 0 Å². The second kappa shape index (κ2) is 5.12. The molecule has 0 bridgehead atoms. The van der Waals surface area contributed by atoms with E-state index >= 15 is 0 Å². The molecule has 6 N–H and O–H groups in total. The highest BCUT2D eigenvalue weighted by Crippen LogP contribution is 2.28. The Kier molecular flexibility index (Phi) is 3.83. The Morgan fingerprint density at radius 3 is 2.53 bits per heavy atom. The molecule has 0 fully saturated rings. The Bertz CT molecular complexity index is 509. The van der Waals surface area contributed by atoms with Gasteiger partial charge in [0.15, 0.2) is 5.96 Å². The molecule has 0 aliphatic rings.